The van der Waals surface area contributed by atoms with E-state index in [0.29, 0.717) is 0 Å². The number of nitrogens with zero attached hydrogens (tertiary/aromatic N) is 1. The van der Waals surface area contributed by atoms with Crippen LogP contribution in [0, 0.1) is 6.92 Å². The van der Waals surface area contributed by atoms with Crippen molar-refractivity contribution in [3.63, 3.8) is 0 Å². The van der Waals surface area contributed by atoms with Crippen molar-refractivity contribution in [3.05, 3.63) is 17.7 Å². The van der Waals surface area contributed by atoms with E-state index >= 15 is 0 Å². The van der Waals surface area contributed by atoms with Gasteiger partial charge in [-0.3, -0.25) is 0 Å². The molecule has 0 aliphatic rings. The van der Waals surface area contributed by atoms with Crippen molar-refractivity contribution in [2.45, 2.75) is 39.7 Å². The highest BCUT2D eigenvalue weighted by atomic mass is 15.0. The lowest BCUT2D eigenvalue weighted by Crippen LogP contribution is -2.37. The summed E-state index contributed by atoms with van der Waals surface area (Å²) in [6.45, 7) is 9.49. The normalized spacial score (nSPS) is 12.0. The maximum atomic E-state index is 4.24. The highest BCUT2D eigenvalue weighted by molar-refractivity contribution is 4.98. The zero-order valence-electron chi connectivity index (χ0n) is 8.94. The number of aromatic nitrogens is 2. The van der Waals surface area contributed by atoms with E-state index in [4.69, 9.17) is 0 Å². The number of rotatable bonds is 3. The molecule has 0 amide bonds. The topological polar surface area (TPSA) is 40.7 Å². The highest BCUT2D eigenvalue weighted by Gasteiger charge is 2.07. The predicted octanol–water partition coefficient (Wildman–Crippen LogP) is 1.65. The first-order chi connectivity index (χ1) is 5.97. The van der Waals surface area contributed by atoms with Crippen LogP contribution >= 0.6 is 0 Å². The molecule has 0 unspecified atom stereocenters. The van der Waals surface area contributed by atoms with E-state index in [1.165, 1.54) is 0 Å². The van der Waals surface area contributed by atoms with Gasteiger partial charge in [0.25, 0.3) is 0 Å². The van der Waals surface area contributed by atoms with Crippen LogP contribution in [0.3, 0.4) is 0 Å². The van der Waals surface area contributed by atoms with Gasteiger partial charge in [-0.2, -0.15) is 0 Å². The number of H-pyrrole nitrogens is 1. The number of aromatic amines is 1. The predicted molar refractivity (Wildman–Crippen MR) is 54.8 cm³/mol. The van der Waals surface area contributed by atoms with Crippen LogP contribution in [0.4, 0.5) is 0 Å². The largest absolute Gasteiger partial charge is 0.346 e. The lowest BCUT2D eigenvalue weighted by atomic mass is 10.1. The summed E-state index contributed by atoms with van der Waals surface area (Å²) in [4.78, 5) is 7.45. The summed E-state index contributed by atoms with van der Waals surface area (Å²) in [5.74, 6) is 1.06. The Hall–Kier alpha value is -0.830. The Labute approximate surface area is 80.0 Å². The van der Waals surface area contributed by atoms with E-state index in [2.05, 4.69) is 36.1 Å². The Bertz CT molecular complexity index is 257. The first-order valence-electron chi connectivity index (χ1n) is 4.73. The molecule has 0 bridgehead atoms. The second-order valence-electron chi connectivity index (χ2n) is 4.44. The molecular weight excluding hydrogens is 162 g/mol. The minimum absolute atomic E-state index is 0.196. The van der Waals surface area contributed by atoms with Crippen LogP contribution < -0.4 is 5.32 Å². The summed E-state index contributed by atoms with van der Waals surface area (Å²) < 4.78 is 0. The summed E-state index contributed by atoms with van der Waals surface area (Å²) in [7, 11) is 0. The molecule has 0 fully saturated rings. The number of hydrogen-bond acceptors (Lipinski definition) is 2. The molecular formula is C10H19N3. The molecule has 0 aromatic carbocycles. The molecule has 2 N–H and O–H groups in total. The van der Waals surface area contributed by atoms with Gasteiger partial charge in [-0.25, -0.2) is 4.98 Å². The van der Waals surface area contributed by atoms with Gasteiger partial charge in [0, 0.05) is 30.4 Å². The van der Waals surface area contributed by atoms with Gasteiger partial charge in [0.15, 0.2) is 0 Å². The summed E-state index contributed by atoms with van der Waals surface area (Å²) in [6, 6.07) is 0. The average Bonchev–Trinajstić information content (AvgIpc) is 2.33. The minimum atomic E-state index is 0.196. The van der Waals surface area contributed by atoms with Crippen molar-refractivity contribution < 1.29 is 0 Å². The second-order valence-corrected chi connectivity index (χ2v) is 4.44. The summed E-state index contributed by atoms with van der Waals surface area (Å²) in [6.07, 6.45) is 2.83. The highest BCUT2D eigenvalue weighted by Crippen LogP contribution is 1.99. The van der Waals surface area contributed by atoms with Crippen molar-refractivity contribution in [3.8, 4) is 0 Å². The van der Waals surface area contributed by atoms with Crippen LogP contribution in [0.25, 0.3) is 0 Å². The van der Waals surface area contributed by atoms with Crippen molar-refractivity contribution in [1.29, 1.82) is 0 Å². The van der Waals surface area contributed by atoms with Gasteiger partial charge in [-0.15, -0.1) is 0 Å². The Morgan fingerprint density at radius 3 is 2.62 bits per heavy atom. The molecule has 1 aromatic rings. The van der Waals surface area contributed by atoms with Gasteiger partial charge in [0.1, 0.15) is 5.82 Å². The fourth-order valence-corrected chi connectivity index (χ4v) is 1.15. The van der Waals surface area contributed by atoms with Gasteiger partial charge in [0.05, 0.1) is 0 Å². The van der Waals surface area contributed by atoms with Crippen LogP contribution in [0.1, 0.15) is 32.3 Å². The molecule has 74 valence electrons. The molecule has 1 rings (SSSR count). The van der Waals surface area contributed by atoms with E-state index in [-0.39, 0.29) is 5.54 Å². The van der Waals surface area contributed by atoms with Gasteiger partial charge in [-0.05, 0) is 27.7 Å². The van der Waals surface area contributed by atoms with Crippen LogP contribution in [0.15, 0.2) is 6.20 Å². The van der Waals surface area contributed by atoms with Crippen molar-refractivity contribution in [2.24, 2.45) is 0 Å². The zero-order chi connectivity index (χ0) is 9.90. The summed E-state index contributed by atoms with van der Waals surface area (Å²) >= 11 is 0. The lowest BCUT2D eigenvalue weighted by Gasteiger charge is -2.19. The summed E-state index contributed by atoms with van der Waals surface area (Å²) in [5.41, 5.74) is 1.33. The Morgan fingerprint density at radius 1 is 1.46 bits per heavy atom. The first kappa shape index (κ1) is 10.3. The summed E-state index contributed by atoms with van der Waals surface area (Å²) in [5, 5.41) is 3.42. The number of hydrogen-bond donors (Lipinski definition) is 2. The Balaban J connectivity index is 2.28. The molecule has 0 spiro atoms. The smallest absolute Gasteiger partial charge is 0.107 e. The van der Waals surface area contributed by atoms with Crippen molar-refractivity contribution in [2.75, 3.05) is 6.54 Å². The van der Waals surface area contributed by atoms with Gasteiger partial charge in [-0.1, -0.05) is 0 Å². The third-order valence-electron chi connectivity index (χ3n) is 1.77. The van der Waals surface area contributed by atoms with Crippen LogP contribution in [0.5, 0.6) is 0 Å². The maximum Gasteiger partial charge on any atom is 0.107 e. The van der Waals surface area contributed by atoms with Crippen molar-refractivity contribution >= 4 is 0 Å². The van der Waals surface area contributed by atoms with E-state index in [1.54, 1.807) is 0 Å². The molecule has 1 aromatic heterocycles. The van der Waals surface area contributed by atoms with Crippen LogP contribution in [0.2, 0.25) is 0 Å². The van der Waals surface area contributed by atoms with Crippen LogP contribution in [-0.4, -0.2) is 22.1 Å². The third-order valence-corrected chi connectivity index (χ3v) is 1.77. The molecule has 13 heavy (non-hydrogen) atoms. The van der Waals surface area contributed by atoms with Crippen LogP contribution in [-0.2, 0) is 6.42 Å². The first-order valence-corrected chi connectivity index (χ1v) is 4.73. The molecule has 0 radical (unpaired) electrons. The van der Waals surface area contributed by atoms with Gasteiger partial charge in [0.2, 0.25) is 0 Å². The van der Waals surface area contributed by atoms with E-state index < -0.39 is 0 Å². The van der Waals surface area contributed by atoms with Gasteiger partial charge >= 0.3 is 0 Å². The third kappa shape index (κ3) is 4.08. The molecule has 3 heteroatoms. The number of imidazole rings is 1. The second kappa shape index (κ2) is 3.92. The van der Waals surface area contributed by atoms with E-state index in [0.717, 1.165) is 24.5 Å². The Morgan fingerprint density at radius 2 is 2.15 bits per heavy atom. The van der Waals surface area contributed by atoms with Gasteiger partial charge < -0.3 is 10.3 Å². The molecule has 1 heterocycles. The molecule has 0 aliphatic heterocycles. The fraction of sp³-hybridized carbons (Fsp3) is 0.700. The lowest BCUT2D eigenvalue weighted by molar-refractivity contribution is 0.427. The molecule has 0 atom stereocenters. The SMILES string of the molecule is Cc1cnc(CCNC(C)(C)C)[nH]1. The molecule has 0 saturated heterocycles. The standard InChI is InChI=1S/C10H19N3/c1-8-7-11-9(13-8)5-6-12-10(2,3)4/h7,12H,5-6H2,1-4H3,(H,11,13). The maximum absolute atomic E-state index is 4.24. The Kier molecular flexibility index (Phi) is 3.09. The monoisotopic (exact) mass is 181 g/mol. The fourth-order valence-electron chi connectivity index (χ4n) is 1.15. The quantitative estimate of drug-likeness (QED) is 0.744. The molecule has 0 saturated carbocycles. The zero-order valence-corrected chi connectivity index (χ0v) is 8.94. The minimum Gasteiger partial charge on any atom is -0.346 e. The average molecular weight is 181 g/mol. The number of aryl methyl sites for hydroxylation is 1. The molecule has 3 nitrogen and oxygen atoms in total. The van der Waals surface area contributed by atoms with E-state index in [9.17, 15) is 0 Å². The number of nitrogens with one attached hydrogen (secondary N) is 2. The van der Waals surface area contributed by atoms with E-state index in [1.807, 2.05) is 13.1 Å². The van der Waals surface area contributed by atoms with Crippen molar-refractivity contribution in [1.82, 2.24) is 15.3 Å². The molecule has 0 aliphatic carbocycles.